The number of aryl methyl sites for hydroxylation is 2. The van der Waals surface area contributed by atoms with Crippen LogP contribution >= 0.6 is 12.6 Å². The summed E-state index contributed by atoms with van der Waals surface area (Å²) in [5, 5.41) is 32.7. The molecule has 5 aromatic rings. The van der Waals surface area contributed by atoms with Gasteiger partial charge in [0.1, 0.15) is 34.1 Å². The van der Waals surface area contributed by atoms with Crippen LogP contribution in [0.3, 0.4) is 0 Å². The molecule has 0 saturated heterocycles. The second-order valence-corrected chi connectivity index (χ2v) is 23.8. The molecule has 0 aromatic heterocycles. The lowest BCUT2D eigenvalue weighted by Gasteiger charge is -2.27. The molecule has 26 heteroatoms. The number of thiol groups is 1. The number of nitrogens with zero attached hydrogens (tertiary/aromatic N) is 4. The number of nitrogen functional groups attached to an aromatic ring is 1. The fourth-order valence-corrected chi connectivity index (χ4v) is 9.68. The molecule has 7 rings (SSSR count). The topological polar surface area (TPSA) is 354 Å². The highest BCUT2D eigenvalue weighted by molar-refractivity contribution is 7.86. The molecule has 0 radical (unpaired) electrons. The van der Waals surface area contributed by atoms with Crippen LogP contribution in [0.2, 0.25) is 0 Å². The summed E-state index contributed by atoms with van der Waals surface area (Å²) in [6, 6.07) is 18.2. The van der Waals surface area contributed by atoms with Crippen molar-refractivity contribution in [1.29, 1.82) is 0 Å². The van der Waals surface area contributed by atoms with Gasteiger partial charge in [0.2, 0.25) is 0 Å². The number of nitrogens with two attached hydrogens (primary N) is 2. The highest BCUT2D eigenvalue weighted by Gasteiger charge is 2.24. The Labute approximate surface area is 496 Å². The number of rotatable bonds is 19. The van der Waals surface area contributed by atoms with Gasteiger partial charge in [-0.15, -0.1) is 17.7 Å². The van der Waals surface area contributed by atoms with Crippen molar-refractivity contribution in [3.63, 3.8) is 0 Å². The van der Waals surface area contributed by atoms with Crippen LogP contribution in [0.4, 0.5) is 34.1 Å². The zero-order chi connectivity index (χ0) is 62.6. The fraction of sp³-hybridized carbons (Fsp3) is 0.293. The van der Waals surface area contributed by atoms with Gasteiger partial charge in [-0.25, -0.2) is 0 Å². The van der Waals surface area contributed by atoms with Crippen molar-refractivity contribution in [2.75, 3.05) is 51.3 Å². The third kappa shape index (κ3) is 20.6. The maximum absolute atomic E-state index is 11.6. The van der Waals surface area contributed by atoms with Crippen LogP contribution in [-0.4, -0.2) is 90.5 Å². The Balaban J connectivity index is 0.000000269. The van der Waals surface area contributed by atoms with Gasteiger partial charge in [-0.3, -0.25) is 18.5 Å². The first-order valence-electron chi connectivity index (χ1n) is 26.0. The van der Waals surface area contributed by atoms with Crippen LogP contribution in [0.25, 0.3) is 10.8 Å². The number of anilines is 2. The van der Waals surface area contributed by atoms with Gasteiger partial charge in [-0.05, 0) is 141 Å². The fourth-order valence-electron chi connectivity index (χ4n) is 7.74. The predicted octanol–water partition coefficient (Wildman–Crippen LogP) is 12.3. The predicted molar refractivity (Wildman–Crippen MR) is 332 cm³/mol. The van der Waals surface area contributed by atoms with Gasteiger partial charge in [0.15, 0.2) is 0 Å². The Morgan fingerprint density at radius 2 is 1.45 bits per heavy atom. The summed E-state index contributed by atoms with van der Waals surface area (Å²) in [6.45, 7) is 11.7. The number of methoxy groups -OCH3 is 2. The molecule has 0 amide bonds. The summed E-state index contributed by atoms with van der Waals surface area (Å²) in [6.07, 6.45) is 18.8. The molecule has 2 aliphatic rings. The normalized spacial score (nSPS) is 14.8. The van der Waals surface area contributed by atoms with E-state index in [0.29, 0.717) is 50.4 Å². The van der Waals surface area contributed by atoms with Crippen molar-refractivity contribution in [2.24, 2.45) is 31.6 Å². The number of fused-ring (bicyclic) bond motifs is 1. The van der Waals surface area contributed by atoms with Gasteiger partial charge in [0.25, 0.3) is 30.4 Å². The van der Waals surface area contributed by atoms with Gasteiger partial charge in [0, 0.05) is 63.6 Å². The van der Waals surface area contributed by atoms with Crippen molar-refractivity contribution in [1.82, 2.24) is 5.32 Å². The molecular weight excluding hydrogens is 1160 g/mol. The van der Waals surface area contributed by atoms with Crippen LogP contribution in [0.5, 0.6) is 17.2 Å². The van der Waals surface area contributed by atoms with Crippen LogP contribution in [0, 0.1) is 19.3 Å². The standard InChI is InChI=1S/C23H23N5O3.C19H26N2OS.C14H17NO10S3.C2H6/c1-14-10-20(27-28-21-12-22(30-3)18(24)11-23(21)31-4)15(2)9-19(14)26-25-17-7-5-16(13-29)6-8-17;1-19(2)10-9-16(21-15-7-5-3-4-6-8-15)11-14(19)12-18(23)17(20)13-22;1-15-12-8-11-9(6-14(12)28(22,23)24)5-10(27(19,20)21)7-13(11)25-3-2-4-26(16,17)18;1-2/h5-13H,24H2,1-4H3;3,5,7,9-12,21-23H,4,6,8,13,20H2,1-2H3;5-8,15H,2-4H2,1H3,(H,16,17,18)(H,19,20,21)(H,22,23,24);1-2H3/b;14-12-,18-17-;;. The van der Waals surface area contributed by atoms with Gasteiger partial charge in [-0.1, -0.05) is 45.9 Å². The quantitative estimate of drug-likeness (QED) is 0.00926. The van der Waals surface area contributed by atoms with Crippen molar-refractivity contribution < 1.29 is 63.0 Å². The smallest absolute Gasteiger partial charge is 0.296 e. The Morgan fingerprint density at radius 1 is 0.821 bits per heavy atom. The van der Waals surface area contributed by atoms with E-state index in [-0.39, 0.29) is 47.3 Å². The van der Waals surface area contributed by atoms with E-state index in [0.717, 1.165) is 71.8 Å². The highest BCUT2D eigenvalue weighted by atomic mass is 32.2. The molecule has 0 aliphatic heterocycles. The zero-order valence-corrected chi connectivity index (χ0v) is 51.3. The third-order valence-electron chi connectivity index (χ3n) is 12.3. The van der Waals surface area contributed by atoms with Crippen LogP contribution in [-0.2, 0) is 30.4 Å². The molecule has 2 aliphatic carbocycles. The van der Waals surface area contributed by atoms with Gasteiger partial charge < -0.3 is 41.4 Å². The van der Waals surface area contributed by atoms with E-state index in [4.69, 9.17) is 35.3 Å². The zero-order valence-electron chi connectivity index (χ0n) is 48.0. The third-order valence-corrected chi connectivity index (χ3v) is 15.3. The second-order valence-electron chi connectivity index (χ2n) is 18.9. The molecule has 0 spiro atoms. The van der Waals surface area contributed by atoms with Crippen LogP contribution in [0.15, 0.2) is 173 Å². The van der Waals surface area contributed by atoms with Crippen molar-refractivity contribution in [3.8, 4) is 17.2 Å². The maximum Gasteiger partial charge on any atom is 0.296 e. The van der Waals surface area contributed by atoms with E-state index < -0.39 is 45.9 Å². The van der Waals surface area contributed by atoms with Crippen LogP contribution in [0.1, 0.15) is 74.9 Å². The summed E-state index contributed by atoms with van der Waals surface area (Å²) >= 11 is 4.39. The van der Waals surface area contributed by atoms with Crippen molar-refractivity contribution in [2.45, 2.75) is 77.0 Å². The Hall–Kier alpha value is -7.69. The summed E-state index contributed by atoms with van der Waals surface area (Å²) in [5.41, 5.74) is 20.8. The minimum absolute atomic E-state index is 0.00242. The van der Waals surface area contributed by atoms with Crippen molar-refractivity contribution >= 4 is 94.2 Å². The summed E-state index contributed by atoms with van der Waals surface area (Å²) < 4.78 is 111. The molecule has 5 aromatic carbocycles. The van der Waals surface area contributed by atoms with E-state index in [1.54, 1.807) is 43.5 Å². The lowest BCUT2D eigenvalue weighted by atomic mass is 9.80. The number of aldehydes is 1. The minimum Gasteiger partial charge on any atom is -0.495 e. The minimum atomic E-state index is -4.68. The number of azo groups is 2. The SMILES string of the molecule is CC.CC1(C)C=CC(NC2=CC=CCCC2)=C/C1=C/C(S)=C(/N)CO.CNc1cc2c(OCCCS(=O)(=O)O)cc(S(=O)(=O)O)cc2cc1S(=O)(=O)O.COc1cc(N=Nc2cc(C)c(N=Nc3ccc(C=O)cc3)cc2C)c(OC)cc1N. The summed E-state index contributed by atoms with van der Waals surface area (Å²) in [5.74, 6) is 0.332. The van der Waals surface area contributed by atoms with Gasteiger partial charge in [0.05, 0.1) is 66.5 Å². The molecule has 0 unspecified atom stereocenters. The average Bonchev–Trinajstić information content (AvgIpc) is 1.55. The molecule has 22 nitrogen and oxygen atoms in total. The first-order valence-corrected chi connectivity index (χ1v) is 30.9. The molecule has 0 atom stereocenters. The molecule has 0 heterocycles. The van der Waals surface area contributed by atoms with E-state index in [1.165, 1.54) is 25.9 Å². The van der Waals surface area contributed by atoms with Crippen LogP contribution < -0.4 is 36.3 Å². The Kier molecular flexibility index (Phi) is 25.6. The van der Waals surface area contributed by atoms with E-state index in [1.807, 2.05) is 45.9 Å². The molecule has 10 N–H and O–H groups in total. The number of ether oxygens (including phenoxy) is 3. The number of hydrogen-bond acceptors (Lipinski definition) is 20. The van der Waals surface area contributed by atoms with E-state index in [9.17, 15) is 39.2 Å². The number of hydrogen-bond donors (Lipinski definition) is 9. The highest BCUT2D eigenvalue weighted by Crippen LogP contribution is 2.40. The molecule has 84 heavy (non-hydrogen) atoms. The number of aliphatic hydroxyl groups excluding tert-OH is 1. The molecule has 0 bridgehead atoms. The van der Waals surface area contributed by atoms with E-state index in [2.05, 4.69) is 94.0 Å². The van der Waals surface area contributed by atoms with Crippen molar-refractivity contribution in [3.05, 3.63) is 160 Å². The number of benzene rings is 5. The number of carbonyl (C=O) groups excluding carboxylic acids is 1. The largest absolute Gasteiger partial charge is 0.495 e. The second kappa shape index (κ2) is 31.3. The maximum atomic E-state index is 11.6. The molecule has 452 valence electrons. The first kappa shape index (κ1) is 68.8. The number of carbonyl (C=O) groups is 1. The molecular formula is C58H72N8O14S4. The number of nitrogens with one attached hydrogen (secondary N) is 2. The lowest BCUT2D eigenvalue weighted by molar-refractivity contribution is 0.112. The number of aliphatic hydroxyl groups is 1. The van der Waals surface area contributed by atoms with E-state index >= 15 is 0 Å². The van der Waals surface area contributed by atoms with Gasteiger partial charge >= 0.3 is 0 Å². The Morgan fingerprint density at radius 3 is 2.02 bits per heavy atom. The lowest BCUT2D eigenvalue weighted by Crippen LogP contribution is -2.19. The Bertz CT molecular complexity index is 3780. The monoisotopic (exact) mass is 1230 g/mol. The molecule has 0 fully saturated rings. The van der Waals surface area contributed by atoms with Gasteiger partial charge in [-0.2, -0.15) is 40.6 Å². The number of allylic oxidation sites excluding steroid dienone is 9. The summed E-state index contributed by atoms with van der Waals surface area (Å²) in [4.78, 5) is 10.2. The summed E-state index contributed by atoms with van der Waals surface area (Å²) in [7, 11) is -9.05. The first-order chi connectivity index (χ1) is 39.6. The average molecular weight is 1230 g/mol. The molecule has 0 saturated carbocycles.